The van der Waals surface area contributed by atoms with Crippen LogP contribution < -0.4 is 9.64 Å². The van der Waals surface area contributed by atoms with Crippen LogP contribution in [0.25, 0.3) is 0 Å². The van der Waals surface area contributed by atoms with Crippen molar-refractivity contribution >= 4 is 12.0 Å². The van der Waals surface area contributed by atoms with Crippen LogP contribution >= 0.6 is 0 Å². The molecule has 114 valence electrons. The van der Waals surface area contributed by atoms with Crippen molar-refractivity contribution in [2.45, 2.75) is 32.2 Å². The minimum Gasteiger partial charge on any atom is -0.457 e. The molecule has 1 heterocycles. The molecule has 0 aliphatic carbocycles. The quantitative estimate of drug-likeness (QED) is 0.768. The van der Waals surface area contributed by atoms with E-state index in [0.29, 0.717) is 12.5 Å². The van der Waals surface area contributed by atoms with Crippen LogP contribution in [0.4, 0.5) is 5.69 Å². The van der Waals surface area contributed by atoms with Crippen LogP contribution in [0.2, 0.25) is 0 Å². The molecule has 1 aliphatic heterocycles. The SMILES string of the molecule is Cc1cccc(Oc2ccc(N3CCCC3CC=O)cc2)c1. The van der Waals surface area contributed by atoms with Crippen molar-refractivity contribution in [2.75, 3.05) is 11.4 Å². The number of aryl methyl sites for hydroxylation is 1. The van der Waals surface area contributed by atoms with E-state index in [1.54, 1.807) is 0 Å². The lowest BCUT2D eigenvalue weighted by molar-refractivity contribution is -0.108. The van der Waals surface area contributed by atoms with Crippen LogP contribution in [0, 0.1) is 6.92 Å². The van der Waals surface area contributed by atoms with E-state index in [-0.39, 0.29) is 0 Å². The molecule has 1 unspecified atom stereocenters. The number of hydrogen-bond donors (Lipinski definition) is 0. The molecular weight excluding hydrogens is 274 g/mol. The smallest absolute Gasteiger partial charge is 0.127 e. The van der Waals surface area contributed by atoms with Crippen molar-refractivity contribution in [2.24, 2.45) is 0 Å². The summed E-state index contributed by atoms with van der Waals surface area (Å²) < 4.78 is 5.88. The summed E-state index contributed by atoms with van der Waals surface area (Å²) in [5.74, 6) is 1.69. The lowest BCUT2D eigenvalue weighted by Crippen LogP contribution is -2.29. The van der Waals surface area contributed by atoms with Crippen molar-refractivity contribution in [3.8, 4) is 11.5 Å². The van der Waals surface area contributed by atoms with Crippen molar-refractivity contribution < 1.29 is 9.53 Å². The Morgan fingerprint density at radius 2 is 2.00 bits per heavy atom. The molecule has 0 saturated carbocycles. The molecule has 1 saturated heterocycles. The van der Waals surface area contributed by atoms with Gasteiger partial charge in [0.25, 0.3) is 0 Å². The molecular formula is C19H21NO2. The van der Waals surface area contributed by atoms with Gasteiger partial charge in [-0.25, -0.2) is 0 Å². The maximum absolute atomic E-state index is 10.8. The number of aldehydes is 1. The van der Waals surface area contributed by atoms with Gasteiger partial charge in [-0.05, 0) is 61.7 Å². The zero-order valence-corrected chi connectivity index (χ0v) is 12.9. The lowest BCUT2D eigenvalue weighted by atomic mass is 10.1. The Hall–Kier alpha value is -2.29. The molecule has 2 aromatic rings. The number of anilines is 1. The molecule has 0 N–H and O–H groups in total. The van der Waals surface area contributed by atoms with E-state index in [0.717, 1.165) is 37.2 Å². The molecule has 0 spiro atoms. The van der Waals surface area contributed by atoms with Crippen molar-refractivity contribution in [3.05, 3.63) is 54.1 Å². The normalized spacial score (nSPS) is 17.5. The maximum atomic E-state index is 10.8. The first-order chi connectivity index (χ1) is 10.8. The summed E-state index contributed by atoms with van der Waals surface area (Å²) in [5.41, 5.74) is 2.35. The third-order valence-electron chi connectivity index (χ3n) is 4.14. The average Bonchev–Trinajstić information content (AvgIpc) is 2.97. The summed E-state index contributed by atoms with van der Waals surface area (Å²) in [4.78, 5) is 13.1. The number of hydrogen-bond acceptors (Lipinski definition) is 3. The molecule has 0 radical (unpaired) electrons. The van der Waals surface area contributed by atoms with E-state index in [4.69, 9.17) is 4.74 Å². The van der Waals surface area contributed by atoms with Gasteiger partial charge in [0.2, 0.25) is 0 Å². The Bertz CT molecular complexity index is 636. The summed E-state index contributed by atoms with van der Waals surface area (Å²) in [6.45, 7) is 3.08. The zero-order chi connectivity index (χ0) is 15.4. The van der Waals surface area contributed by atoms with E-state index >= 15 is 0 Å². The Morgan fingerprint density at radius 3 is 2.73 bits per heavy atom. The van der Waals surface area contributed by atoms with E-state index in [9.17, 15) is 4.79 Å². The fourth-order valence-corrected chi connectivity index (χ4v) is 3.05. The van der Waals surface area contributed by atoms with E-state index in [1.165, 1.54) is 11.3 Å². The molecule has 0 bridgehead atoms. The molecule has 3 nitrogen and oxygen atoms in total. The van der Waals surface area contributed by atoms with E-state index in [2.05, 4.69) is 30.0 Å². The summed E-state index contributed by atoms with van der Waals surface area (Å²) in [6, 6.07) is 16.5. The summed E-state index contributed by atoms with van der Waals surface area (Å²) >= 11 is 0. The largest absolute Gasteiger partial charge is 0.457 e. The van der Waals surface area contributed by atoms with Gasteiger partial charge in [0.1, 0.15) is 17.8 Å². The second kappa shape index (κ2) is 6.65. The highest BCUT2D eigenvalue weighted by Gasteiger charge is 2.24. The Morgan fingerprint density at radius 1 is 1.18 bits per heavy atom. The Kier molecular flexibility index (Phi) is 4.42. The zero-order valence-electron chi connectivity index (χ0n) is 12.9. The van der Waals surface area contributed by atoms with Gasteiger partial charge in [0.15, 0.2) is 0 Å². The molecule has 22 heavy (non-hydrogen) atoms. The fraction of sp³-hybridized carbons (Fsp3) is 0.316. The summed E-state index contributed by atoms with van der Waals surface area (Å²) in [7, 11) is 0. The first-order valence-corrected chi connectivity index (χ1v) is 7.81. The van der Waals surface area contributed by atoms with Gasteiger partial charge < -0.3 is 14.4 Å². The monoisotopic (exact) mass is 295 g/mol. The number of nitrogens with zero attached hydrogens (tertiary/aromatic N) is 1. The van der Waals surface area contributed by atoms with E-state index < -0.39 is 0 Å². The van der Waals surface area contributed by atoms with Gasteiger partial charge in [0, 0.05) is 24.7 Å². The second-order valence-corrected chi connectivity index (χ2v) is 5.80. The van der Waals surface area contributed by atoms with Gasteiger partial charge in [-0.15, -0.1) is 0 Å². The highest BCUT2D eigenvalue weighted by atomic mass is 16.5. The molecule has 1 fully saturated rings. The second-order valence-electron chi connectivity index (χ2n) is 5.80. The Balaban J connectivity index is 1.71. The predicted octanol–water partition coefficient (Wildman–Crippen LogP) is 4.35. The molecule has 0 amide bonds. The minimum atomic E-state index is 0.348. The lowest BCUT2D eigenvalue weighted by Gasteiger charge is -2.25. The standard InChI is InChI=1S/C19H21NO2/c1-15-4-2-6-19(14-15)22-18-9-7-17(8-10-18)20-12-3-5-16(20)11-13-21/h2,4,6-10,13-14,16H,3,5,11-12H2,1H3. The van der Waals surface area contributed by atoms with Crippen LogP contribution in [0.3, 0.4) is 0 Å². The van der Waals surface area contributed by atoms with Crippen LogP contribution in [0.15, 0.2) is 48.5 Å². The number of benzene rings is 2. The predicted molar refractivity (Wildman–Crippen MR) is 88.7 cm³/mol. The number of rotatable bonds is 5. The highest BCUT2D eigenvalue weighted by molar-refractivity contribution is 5.56. The van der Waals surface area contributed by atoms with Crippen LogP contribution in [-0.2, 0) is 4.79 Å². The van der Waals surface area contributed by atoms with Gasteiger partial charge in [-0.1, -0.05) is 12.1 Å². The highest BCUT2D eigenvalue weighted by Crippen LogP contribution is 2.30. The summed E-state index contributed by atoms with van der Waals surface area (Å²) in [5, 5.41) is 0. The van der Waals surface area contributed by atoms with E-state index in [1.807, 2.05) is 30.3 Å². The molecule has 3 rings (SSSR count). The topological polar surface area (TPSA) is 29.5 Å². The number of carbonyl (C=O) groups is 1. The molecule has 3 heteroatoms. The Labute approximate surface area is 131 Å². The van der Waals surface area contributed by atoms with Gasteiger partial charge in [-0.3, -0.25) is 0 Å². The minimum absolute atomic E-state index is 0.348. The first-order valence-electron chi connectivity index (χ1n) is 7.81. The molecule has 0 aromatic heterocycles. The molecule has 1 atom stereocenters. The molecule has 2 aromatic carbocycles. The fourth-order valence-electron chi connectivity index (χ4n) is 3.05. The molecule has 1 aliphatic rings. The van der Waals surface area contributed by atoms with Crippen molar-refractivity contribution in [1.29, 1.82) is 0 Å². The van der Waals surface area contributed by atoms with Crippen molar-refractivity contribution in [3.63, 3.8) is 0 Å². The third kappa shape index (κ3) is 3.30. The number of ether oxygens (including phenoxy) is 1. The van der Waals surface area contributed by atoms with Crippen LogP contribution in [0.1, 0.15) is 24.8 Å². The third-order valence-corrected chi connectivity index (χ3v) is 4.14. The van der Waals surface area contributed by atoms with Gasteiger partial charge in [-0.2, -0.15) is 0 Å². The maximum Gasteiger partial charge on any atom is 0.127 e. The van der Waals surface area contributed by atoms with Crippen molar-refractivity contribution in [1.82, 2.24) is 0 Å². The average molecular weight is 295 g/mol. The summed E-state index contributed by atoms with van der Waals surface area (Å²) in [6.07, 6.45) is 3.89. The number of carbonyl (C=O) groups excluding carboxylic acids is 1. The van der Waals surface area contributed by atoms with Crippen LogP contribution in [-0.4, -0.2) is 18.9 Å². The van der Waals surface area contributed by atoms with Gasteiger partial charge in [0.05, 0.1) is 0 Å². The first kappa shape index (κ1) is 14.6. The van der Waals surface area contributed by atoms with Crippen LogP contribution in [0.5, 0.6) is 11.5 Å². The van der Waals surface area contributed by atoms with Gasteiger partial charge >= 0.3 is 0 Å².